The lowest BCUT2D eigenvalue weighted by molar-refractivity contribution is 0.143. The maximum Gasteiger partial charge on any atom is 0.175 e. The topological polar surface area (TPSA) is 53.7 Å². The summed E-state index contributed by atoms with van der Waals surface area (Å²) < 4.78 is 16.6. The van der Waals surface area contributed by atoms with E-state index in [-0.39, 0.29) is 0 Å². The first kappa shape index (κ1) is 13.3. The van der Waals surface area contributed by atoms with Gasteiger partial charge in [-0.3, -0.25) is 0 Å². The summed E-state index contributed by atoms with van der Waals surface area (Å²) in [4.78, 5) is 0. The molecule has 16 heavy (non-hydrogen) atoms. The molecule has 1 aromatic rings. The molecule has 0 saturated carbocycles. The number of nitrogens with two attached hydrogens (primary N) is 1. The smallest absolute Gasteiger partial charge is 0.175 e. The fraction of sp³-hybridized carbons (Fsp3) is 0.455. The molecule has 2 N–H and O–H groups in total. The van der Waals surface area contributed by atoms with Crippen LogP contribution in [0, 0.1) is 0 Å². The van der Waals surface area contributed by atoms with Crippen molar-refractivity contribution in [2.75, 3.05) is 27.4 Å². The SMILES string of the molecule is COCCOc1c(Br)cc(CN)cc1OC. The molecule has 1 rings (SSSR count). The molecule has 0 heterocycles. The zero-order valence-corrected chi connectivity index (χ0v) is 11.0. The molecule has 90 valence electrons. The van der Waals surface area contributed by atoms with Gasteiger partial charge >= 0.3 is 0 Å². The number of methoxy groups -OCH3 is 2. The van der Waals surface area contributed by atoms with E-state index in [2.05, 4.69) is 15.9 Å². The van der Waals surface area contributed by atoms with Crippen molar-refractivity contribution in [3.05, 3.63) is 22.2 Å². The van der Waals surface area contributed by atoms with E-state index < -0.39 is 0 Å². The van der Waals surface area contributed by atoms with Crippen LogP contribution in [-0.4, -0.2) is 27.4 Å². The molecular formula is C11H16BrNO3. The van der Waals surface area contributed by atoms with Crippen molar-refractivity contribution in [1.29, 1.82) is 0 Å². The molecule has 5 heteroatoms. The quantitative estimate of drug-likeness (QED) is 0.814. The van der Waals surface area contributed by atoms with Crippen molar-refractivity contribution in [3.63, 3.8) is 0 Å². The molecule has 0 amide bonds. The van der Waals surface area contributed by atoms with Crippen molar-refractivity contribution in [2.24, 2.45) is 5.73 Å². The Bertz CT molecular complexity index is 344. The van der Waals surface area contributed by atoms with Crippen molar-refractivity contribution in [2.45, 2.75) is 6.54 Å². The standard InChI is InChI=1S/C11H16BrNO3/c1-14-3-4-16-11-9(12)5-8(7-13)6-10(11)15-2/h5-6H,3-4,7,13H2,1-2H3. The van der Waals surface area contributed by atoms with E-state index in [1.54, 1.807) is 14.2 Å². The number of benzene rings is 1. The average Bonchev–Trinajstić information content (AvgIpc) is 2.30. The van der Waals surface area contributed by atoms with E-state index in [0.717, 1.165) is 10.0 Å². The lowest BCUT2D eigenvalue weighted by Crippen LogP contribution is -2.06. The van der Waals surface area contributed by atoms with Gasteiger partial charge in [0.05, 0.1) is 18.2 Å². The highest BCUT2D eigenvalue weighted by atomic mass is 79.9. The van der Waals surface area contributed by atoms with Gasteiger partial charge in [0, 0.05) is 13.7 Å². The van der Waals surface area contributed by atoms with Crippen LogP contribution < -0.4 is 15.2 Å². The molecule has 0 saturated heterocycles. The lowest BCUT2D eigenvalue weighted by Gasteiger charge is -2.13. The number of hydrogen-bond donors (Lipinski definition) is 1. The predicted molar refractivity (Wildman–Crippen MR) is 66.0 cm³/mol. The van der Waals surface area contributed by atoms with E-state index in [0.29, 0.717) is 31.3 Å². The maximum absolute atomic E-state index is 5.58. The number of hydrogen-bond acceptors (Lipinski definition) is 4. The van der Waals surface area contributed by atoms with Crippen molar-refractivity contribution in [3.8, 4) is 11.5 Å². The molecule has 0 aromatic heterocycles. The zero-order chi connectivity index (χ0) is 12.0. The minimum Gasteiger partial charge on any atom is -0.493 e. The van der Waals surface area contributed by atoms with Crippen molar-refractivity contribution in [1.82, 2.24) is 0 Å². The molecule has 4 nitrogen and oxygen atoms in total. The highest BCUT2D eigenvalue weighted by Gasteiger charge is 2.10. The Hall–Kier alpha value is -0.780. The predicted octanol–water partition coefficient (Wildman–Crippen LogP) is 1.94. The fourth-order valence-corrected chi connectivity index (χ4v) is 1.86. The molecule has 0 aliphatic carbocycles. The third-order valence-corrected chi connectivity index (χ3v) is 2.65. The molecule has 1 aromatic carbocycles. The van der Waals surface area contributed by atoms with Crippen molar-refractivity contribution < 1.29 is 14.2 Å². The third kappa shape index (κ3) is 3.37. The van der Waals surface area contributed by atoms with Crippen LogP contribution in [-0.2, 0) is 11.3 Å². The molecule has 0 fully saturated rings. The minimum absolute atomic E-state index is 0.466. The number of halogens is 1. The Balaban J connectivity index is 2.88. The highest BCUT2D eigenvalue weighted by molar-refractivity contribution is 9.10. The normalized spacial score (nSPS) is 10.2. The summed E-state index contributed by atoms with van der Waals surface area (Å²) in [6.07, 6.45) is 0. The molecule has 0 radical (unpaired) electrons. The average molecular weight is 290 g/mol. The summed E-state index contributed by atoms with van der Waals surface area (Å²) in [5.41, 5.74) is 6.57. The second-order valence-electron chi connectivity index (χ2n) is 3.15. The summed E-state index contributed by atoms with van der Waals surface area (Å²) in [6, 6.07) is 3.79. The van der Waals surface area contributed by atoms with Crippen LogP contribution in [0.5, 0.6) is 11.5 Å². The number of ether oxygens (including phenoxy) is 3. The van der Waals surface area contributed by atoms with Crippen LogP contribution in [0.1, 0.15) is 5.56 Å². The van der Waals surface area contributed by atoms with Gasteiger partial charge < -0.3 is 19.9 Å². The van der Waals surface area contributed by atoms with Gasteiger partial charge in [-0.1, -0.05) is 0 Å². The van der Waals surface area contributed by atoms with Gasteiger partial charge in [0.25, 0.3) is 0 Å². The van der Waals surface area contributed by atoms with Crippen LogP contribution in [0.25, 0.3) is 0 Å². The Morgan fingerprint density at radius 3 is 2.56 bits per heavy atom. The Labute approximate surface area is 104 Å². The van der Waals surface area contributed by atoms with Crippen LogP contribution in [0.2, 0.25) is 0 Å². The van der Waals surface area contributed by atoms with Crippen molar-refractivity contribution >= 4 is 15.9 Å². The summed E-state index contributed by atoms with van der Waals surface area (Å²) in [5.74, 6) is 1.35. The minimum atomic E-state index is 0.466. The van der Waals surface area contributed by atoms with Gasteiger partial charge in [-0.25, -0.2) is 0 Å². The van der Waals surface area contributed by atoms with Gasteiger partial charge in [0.1, 0.15) is 6.61 Å². The van der Waals surface area contributed by atoms with Gasteiger partial charge in [-0.2, -0.15) is 0 Å². The largest absolute Gasteiger partial charge is 0.493 e. The molecule has 0 aliphatic rings. The first-order valence-electron chi connectivity index (χ1n) is 4.91. The number of rotatable bonds is 6. The summed E-state index contributed by atoms with van der Waals surface area (Å²) in [5, 5.41) is 0. The van der Waals surface area contributed by atoms with E-state index in [1.165, 1.54) is 0 Å². The molecule has 0 unspecified atom stereocenters. The molecule has 0 atom stereocenters. The Morgan fingerprint density at radius 1 is 1.25 bits per heavy atom. The first-order chi connectivity index (χ1) is 7.72. The fourth-order valence-electron chi connectivity index (χ4n) is 1.26. The summed E-state index contributed by atoms with van der Waals surface area (Å²) in [6.45, 7) is 1.48. The van der Waals surface area contributed by atoms with Crippen LogP contribution in [0.3, 0.4) is 0 Å². The lowest BCUT2D eigenvalue weighted by atomic mass is 10.2. The highest BCUT2D eigenvalue weighted by Crippen LogP contribution is 2.36. The van der Waals surface area contributed by atoms with Crippen LogP contribution >= 0.6 is 15.9 Å². The Kier molecular flexibility index (Phi) is 5.59. The van der Waals surface area contributed by atoms with Crippen LogP contribution in [0.15, 0.2) is 16.6 Å². The maximum atomic E-state index is 5.58. The van der Waals surface area contributed by atoms with E-state index in [4.69, 9.17) is 19.9 Å². The van der Waals surface area contributed by atoms with Gasteiger partial charge in [0.15, 0.2) is 11.5 Å². The summed E-state index contributed by atoms with van der Waals surface area (Å²) >= 11 is 3.43. The summed E-state index contributed by atoms with van der Waals surface area (Å²) in [7, 11) is 3.23. The molecule has 0 bridgehead atoms. The second kappa shape index (κ2) is 6.73. The Morgan fingerprint density at radius 2 is 2.00 bits per heavy atom. The van der Waals surface area contributed by atoms with Gasteiger partial charge in [-0.15, -0.1) is 0 Å². The van der Waals surface area contributed by atoms with E-state index >= 15 is 0 Å². The second-order valence-corrected chi connectivity index (χ2v) is 4.01. The monoisotopic (exact) mass is 289 g/mol. The molecular weight excluding hydrogens is 274 g/mol. The van der Waals surface area contributed by atoms with E-state index in [1.807, 2.05) is 12.1 Å². The third-order valence-electron chi connectivity index (χ3n) is 2.06. The van der Waals surface area contributed by atoms with E-state index in [9.17, 15) is 0 Å². The molecule has 0 aliphatic heterocycles. The van der Waals surface area contributed by atoms with Crippen LogP contribution in [0.4, 0.5) is 0 Å². The van der Waals surface area contributed by atoms with Gasteiger partial charge in [-0.05, 0) is 33.6 Å². The first-order valence-corrected chi connectivity index (χ1v) is 5.70. The zero-order valence-electron chi connectivity index (χ0n) is 9.46. The van der Waals surface area contributed by atoms with Gasteiger partial charge in [0.2, 0.25) is 0 Å². The molecule has 0 spiro atoms.